The Morgan fingerprint density at radius 3 is 2.44 bits per heavy atom. The van der Waals surface area contributed by atoms with Crippen molar-refractivity contribution in [3.8, 4) is 0 Å². The fraction of sp³-hybridized carbons (Fsp3) is 0.286. The molecular formula is C21H20Cl2O4. The lowest BCUT2D eigenvalue weighted by molar-refractivity contribution is -0.239. The Labute approximate surface area is 168 Å². The van der Waals surface area contributed by atoms with E-state index < -0.39 is 12.3 Å². The summed E-state index contributed by atoms with van der Waals surface area (Å²) in [6.07, 6.45) is 2.47. The third kappa shape index (κ3) is 5.56. The predicted molar refractivity (Wildman–Crippen MR) is 105 cm³/mol. The molecule has 2 aromatic carbocycles. The predicted octanol–water partition coefficient (Wildman–Crippen LogP) is 5.66. The first-order chi connectivity index (χ1) is 13.0. The van der Waals surface area contributed by atoms with E-state index >= 15 is 0 Å². The maximum Gasteiger partial charge on any atom is 0.330 e. The molecule has 3 rings (SSSR count). The molecular weight excluding hydrogens is 387 g/mol. The molecule has 1 aliphatic heterocycles. The first-order valence-corrected chi connectivity index (χ1v) is 9.47. The number of carbonyl (C=O) groups is 1. The van der Waals surface area contributed by atoms with Gasteiger partial charge in [-0.1, -0.05) is 47.5 Å². The van der Waals surface area contributed by atoms with Crippen molar-refractivity contribution < 1.29 is 19.0 Å². The summed E-state index contributed by atoms with van der Waals surface area (Å²) in [6.45, 7) is 2.09. The second-order valence-corrected chi connectivity index (χ2v) is 6.96. The molecule has 0 aliphatic carbocycles. The van der Waals surface area contributed by atoms with Gasteiger partial charge in [0.05, 0.1) is 18.8 Å². The van der Waals surface area contributed by atoms with Gasteiger partial charge in [-0.05, 0) is 42.8 Å². The molecule has 142 valence electrons. The summed E-state index contributed by atoms with van der Waals surface area (Å²) < 4.78 is 17.1. The van der Waals surface area contributed by atoms with Crippen molar-refractivity contribution in [3.63, 3.8) is 0 Å². The number of carbonyl (C=O) groups excluding carboxylic acids is 1. The number of halogens is 2. The Hall–Kier alpha value is -1.85. The van der Waals surface area contributed by atoms with Crippen LogP contribution in [0.3, 0.4) is 0 Å². The molecule has 1 heterocycles. The summed E-state index contributed by atoms with van der Waals surface area (Å²) in [4.78, 5) is 11.6. The lowest BCUT2D eigenvalue weighted by atomic mass is 10.0. The van der Waals surface area contributed by atoms with Crippen LogP contribution in [0.2, 0.25) is 10.0 Å². The van der Waals surface area contributed by atoms with Gasteiger partial charge >= 0.3 is 5.97 Å². The van der Waals surface area contributed by atoms with E-state index in [1.807, 2.05) is 36.4 Å². The molecule has 3 atom stereocenters. The molecule has 0 spiro atoms. The van der Waals surface area contributed by atoms with Crippen molar-refractivity contribution in [1.82, 2.24) is 0 Å². The van der Waals surface area contributed by atoms with Crippen LogP contribution in [-0.2, 0) is 19.0 Å². The molecule has 0 saturated carbocycles. The zero-order valence-electron chi connectivity index (χ0n) is 14.8. The van der Waals surface area contributed by atoms with Crippen LogP contribution in [-0.4, -0.2) is 18.7 Å². The number of rotatable bonds is 5. The summed E-state index contributed by atoms with van der Waals surface area (Å²) in [5.74, 6) is -0.397. The van der Waals surface area contributed by atoms with E-state index in [2.05, 4.69) is 0 Å². The number of hydrogen-bond donors (Lipinski definition) is 0. The summed E-state index contributed by atoms with van der Waals surface area (Å²) >= 11 is 12.2. The van der Waals surface area contributed by atoms with Crippen LogP contribution in [0.5, 0.6) is 0 Å². The quantitative estimate of drug-likeness (QED) is 0.474. The second-order valence-electron chi connectivity index (χ2n) is 6.09. The van der Waals surface area contributed by atoms with E-state index in [4.69, 9.17) is 37.4 Å². The summed E-state index contributed by atoms with van der Waals surface area (Å²) in [5, 5.41) is 1.24. The molecule has 0 unspecified atom stereocenters. The van der Waals surface area contributed by atoms with Gasteiger partial charge < -0.3 is 14.2 Å². The Balaban J connectivity index is 1.85. The third-order valence-corrected chi connectivity index (χ3v) is 4.58. The first kappa shape index (κ1) is 19.9. The lowest BCUT2D eigenvalue weighted by Gasteiger charge is -2.35. The minimum absolute atomic E-state index is 0.238. The minimum atomic E-state index is -0.613. The Morgan fingerprint density at radius 2 is 1.78 bits per heavy atom. The molecule has 1 fully saturated rings. The van der Waals surface area contributed by atoms with Gasteiger partial charge in [0.25, 0.3) is 0 Å². The SMILES string of the molecule is CCOC(=O)/C=C/[C@H]1C[C@@H](c2cccc(Cl)c2)O[C@@H](c2cccc(Cl)c2)O1. The fourth-order valence-corrected chi connectivity index (χ4v) is 3.29. The van der Waals surface area contributed by atoms with Crippen molar-refractivity contribution in [2.75, 3.05) is 6.61 Å². The van der Waals surface area contributed by atoms with E-state index in [9.17, 15) is 4.79 Å². The number of ether oxygens (including phenoxy) is 3. The molecule has 0 bridgehead atoms. The van der Waals surface area contributed by atoms with Crippen molar-refractivity contribution in [2.24, 2.45) is 0 Å². The first-order valence-electron chi connectivity index (χ1n) is 8.72. The van der Waals surface area contributed by atoms with Gasteiger partial charge in [0.15, 0.2) is 6.29 Å². The zero-order valence-corrected chi connectivity index (χ0v) is 16.3. The van der Waals surface area contributed by atoms with E-state index in [-0.39, 0.29) is 12.2 Å². The van der Waals surface area contributed by atoms with Crippen LogP contribution < -0.4 is 0 Å². The summed E-state index contributed by atoms with van der Waals surface area (Å²) in [6, 6.07) is 14.9. The normalized spacial score (nSPS) is 22.7. The van der Waals surface area contributed by atoms with Gasteiger partial charge in [0.2, 0.25) is 0 Å². The highest BCUT2D eigenvalue weighted by Gasteiger charge is 2.31. The van der Waals surface area contributed by atoms with Gasteiger partial charge in [-0.2, -0.15) is 0 Å². The van der Waals surface area contributed by atoms with E-state index in [1.165, 1.54) is 6.08 Å². The Kier molecular flexibility index (Phi) is 6.91. The highest BCUT2D eigenvalue weighted by Crippen LogP contribution is 2.39. The fourth-order valence-electron chi connectivity index (χ4n) is 2.89. The van der Waals surface area contributed by atoms with Crippen molar-refractivity contribution in [3.05, 3.63) is 81.9 Å². The van der Waals surface area contributed by atoms with Crippen LogP contribution in [0.15, 0.2) is 60.7 Å². The smallest absolute Gasteiger partial charge is 0.330 e. The average Bonchev–Trinajstić information content (AvgIpc) is 2.66. The van der Waals surface area contributed by atoms with Gasteiger partial charge in [-0.3, -0.25) is 0 Å². The van der Waals surface area contributed by atoms with Crippen LogP contribution >= 0.6 is 23.2 Å². The monoisotopic (exact) mass is 406 g/mol. The van der Waals surface area contributed by atoms with Crippen LogP contribution in [0, 0.1) is 0 Å². The van der Waals surface area contributed by atoms with Crippen LogP contribution in [0.25, 0.3) is 0 Å². The highest BCUT2D eigenvalue weighted by molar-refractivity contribution is 6.30. The third-order valence-electron chi connectivity index (χ3n) is 4.11. The van der Waals surface area contributed by atoms with E-state index in [0.717, 1.165) is 11.1 Å². The number of esters is 1. The molecule has 1 saturated heterocycles. The lowest BCUT2D eigenvalue weighted by Crippen LogP contribution is -2.28. The largest absolute Gasteiger partial charge is 0.463 e. The van der Waals surface area contributed by atoms with Crippen molar-refractivity contribution >= 4 is 29.2 Å². The van der Waals surface area contributed by atoms with Gasteiger partial charge in [0.1, 0.15) is 0 Å². The van der Waals surface area contributed by atoms with Gasteiger partial charge in [-0.15, -0.1) is 0 Å². The highest BCUT2D eigenvalue weighted by atomic mass is 35.5. The molecule has 4 nitrogen and oxygen atoms in total. The van der Waals surface area contributed by atoms with E-state index in [0.29, 0.717) is 23.1 Å². The molecule has 27 heavy (non-hydrogen) atoms. The van der Waals surface area contributed by atoms with Gasteiger partial charge in [-0.25, -0.2) is 4.79 Å². The molecule has 2 aromatic rings. The van der Waals surface area contributed by atoms with Crippen molar-refractivity contribution in [1.29, 1.82) is 0 Å². The number of benzene rings is 2. The maximum atomic E-state index is 11.6. The second kappa shape index (κ2) is 9.38. The summed E-state index contributed by atoms with van der Waals surface area (Å²) in [5.41, 5.74) is 1.76. The number of hydrogen-bond acceptors (Lipinski definition) is 4. The zero-order chi connectivity index (χ0) is 19.2. The molecule has 1 aliphatic rings. The van der Waals surface area contributed by atoms with E-state index in [1.54, 1.807) is 25.1 Å². The average molecular weight is 407 g/mol. The topological polar surface area (TPSA) is 44.8 Å². The molecule has 0 N–H and O–H groups in total. The standard InChI is InChI=1S/C21H20Cl2O4/c1-2-25-20(24)10-9-18-13-19(14-5-3-7-16(22)11-14)27-21(26-18)15-6-4-8-17(23)12-15/h3-12,18-19,21H,2,13H2,1H3/b10-9+/t18-,19-,21-/m0/s1. The summed E-state index contributed by atoms with van der Waals surface area (Å²) in [7, 11) is 0. The minimum Gasteiger partial charge on any atom is -0.463 e. The Bertz CT molecular complexity index is 768. The molecule has 0 aromatic heterocycles. The molecule has 0 radical (unpaired) electrons. The molecule has 0 amide bonds. The van der Waals surface area contributed by atoms with Crippen molar-refractivity contribution in [2.45, 2.75) is 31.8 Å². The Morgan fingerprint density at radius 1 is 1.11 bits per heavy atom. The van der Waals surface area contributed by atoms with Crippen LogP contribution in [0.1, 0.15) is 36.9 Å². The van der Waals surface area contributed by atoms with Gasteiger partial charge in [0, 0.05) is 28.1 Å². The van der Waals surface area contributed by atoms with Crippen LogP contribution in [0.4, 0.5) is 0 Å². The molecule has 6 heteroatoms. The maximum absolute atomic E-state index is 11.6.